The van der Waals surface area contributed by atoms with Crippen LogP contribution in [0, 0.1) is 0 Å². The summed E-state index contributed by atoms with van der Waals surface area (Å²) in [7, 11) is 3.06. The molecule has 1 fully saturated rings. The molecule has 1 aromatic heterocycles. The highest BCUT2D eigenvalue weighted by Gasteiger charge is 2.23. The lowest BCUT2D eigenvalue weighted by molar-refractivity contribution is 0.171. The number of nitrogens with one attached hydrogen (secondary N) is 1. The molecule has 10 heteroatoms. The Morgan fingerprint density at radius 1 is 1.00 bits per heavy atom. The third-order valence-corrected chi connectivity index (χ3v) is 4.74. The molecule has 2 amide bonds. The number of benzene rings is 1. The number of piperazine rings is 1. The molecule has 0 unspecified atom stereocenters. The van der Waals surface area contributed by atoms with Gasteiger partial charge in [-0.3, -0.25) is 0 Å². The summed E-state index contributed by atoms with van der Waals surface area (Å²) in [5.41, 5.74) is 0.673. The maximum Gasteiger partial charge on any atom is 0.321 e. The Morgan fingerprint density at radius 3 is 2.48 bits per heavy atom. The van der Waals surface area contributed by atoms with E-state index in [-0.39, 0.29) is 12.0 Å². The van der Waals surface area contributed by atoms with Crippen molar-refractivity contribution in [3.8, 4) is 23.4 Å². The Hall–Kier alpha value is -3.43. The quantitative estimate of drug-likeness (QED) is 0.825. The molecular formula is C19H23N5O5. The van der Waals surface area contributed by atoms with E-state index in [2.05, 4.69) is 20.2 Å². The highest BCUT2D eigenvalue weighted by Crippen LogP contribution is 2.32. The number of ether oxygens (including phenoxy) is 4. The van der Waals surface area contributed by atoms with Gasteiger partial charge < -0.3 is 34.1 Å². The summed E-state index contributed by atoms with van der Waals surface area (Å²) < 4.78 is 21.4. The van der Waals surface area contributed by atoms with E-state index in [9.17, 15) is 4.79 Å². The lowest BCUT2D eigenvalue weighted by atomic mass is 10.2. The van der Waals surface area contributed by atoms with Gasteiger partial charge in [0.25, 0.3) is 0 Å². The smallest absolute Gasteiger partial charge is 0.321 e. The van der Waals surface area contributed by atoms with Crippen LogP contribution in [0.2, 0.25) is 0 Å². The molecule has 154 valence electrons. The molecule has 2 aliphatic rings. The van der Waals surface area contributed by atoms with E-state index in [0.717, 1.165) is 0 Å². The maximum atomic E-state index is 12.6. The molecular weight excluding hydrogens is 378 g/mol. The predicted octanol–water partition coefficient (Wildman–Crippen LogP) is 1.62. The number of anilines is 2. The molecule has 0 saturated carbocycles. The van der Waals surface area contributed by atoms with Crippen molar-refractivity contribution in [1.29, 1.82) is 0 Å². The van der Waals surface area contributed by atoms with Crippen LogP contribution in [0.4, 0.5) is 16.3 Å². The normalized spacial score (nSPS) is 15.7. The van der Waals surface area contributed by atoms with Gasteiger partial charge in [0.2, 0.25) is 5.88 Å². The van der Waals surface area contributed by atoms with E-state index in [4.69, 9.17) is 18.9 Å². The average molecular weight is 401 g/mol. The van der Waals surface area contributed by atoms with E-state index in [0.29, 0.717) is 68.3 Å². The number of aromatic nitrogens is 2. The van der Waals surface area contributed by atoms with Crippen molar-refractivity contribution in [2.45, 2.75) is 0 Å². The second-order valence-corrected chi connectivity index (χ2v) is 6.52. The summed E-state index contributed by atoms with van der Waals surface area (Å²) in [5.74, 6) is 2.48. The molecule has 4 rings (SSSR count). The van der Waals surface area contributed by atoms with Crippen LogP contribution in [0.15, 0.2) is 24.3 Å². The topological polar surface area (TPSA) is 98.3 Å². The molecule has 0 atom stereocenters. The number of carbonyl (C=O) groups is 1. The molecule has 3 heterocycles. The molecule has 2 aromatic rings. The Balaban J connectivity index is 1.36. The number of urea groups is 1. The standard InChI is InChI=1S/C19H23N5O5/c1-26-17-12-16(21-18(22-17)27-2)23-5-7-24(8-6-23)19(25)20-13-3-4-14-15(11-13)29-10-9-28-14/h3-4,11-12H,5-10H2,1-2H3,(H,20,25). The molecule has 1 aromatic carbocycles. The van der Waals surface area contributed by atoms with Crippen LogP contribution in [-0.2, 0) is 0 Å². The van der Waals surface area contributed by atoms with Crippen LogP contribution < -0.4 is 29.2 Å². The zero-order chi connectivity index (χ0) is 20.2. The third kappa shape index (κ3) is 4.20. The van der Waals surface area contributed by atoms with Gasteiger partial charge in [0, 0.05) is 44.0 Å². The maximum absolute atomic E-state index is 12.6. The molecule has 1 saturated heterocycles. The largest absolute Gasteiger partial charge is 0.486 e. The molecule has 10 nitrogen and oxygen atoms in total. The fourth-order valence-electron chi connectivity index (χ4n) is 3.21. The third-order valence-electron chi connectivity index (χ3n) is 4.74. The minimum Gasteiger partial charge on any atom is -0.486 e. The Bertz CT molecular complexity index is 863. The minimum atomic E-state index is -0.154. The van der Waals surface area contributed by atoms with E-state index < -0.39 is 0 Å². The van der Waals surface area contributed by atoms with Gasteiger partial charge in [0.15, 0.2) is 11.5 Å². The van der Waals surface area contributed by atoms with Crippen molar-refractivity contribution in [2.24, 2.45) is 0 Å². The lowest BCUT2D eigenvalue weighted by Gasteiger charge is -2.35. The SMILES string of the molecule is COc1cc(N2CCN(C(=O)Nc3ccc4c(c3)OCCO4)CC2)nc(OC)n1. The van der Waals surface area contributed by atoms with E-state index in [1.165, 1.54) is 7.11 Å². The van der Waals surface area contributed by atoms with Crippen LogP contribution in [-0.4, -0.2) is 74.5 Å². The first-order chi connectivity index (χ1) is 14.2. The van der Waals surface area contributed by atoms with Gasteiger partial charge in [-0.25, -0.2) is 4.79 Å². The van der Waals surface area contributed by atoms with Crippen LogP contribution in [0.25, 0.3) is 0 Å². The second-order valence-electron chi connectivity index (χ2n) is 6.52. The number of nitrogens with zero attached hydrogens (tertiary/aromatic N) is 4. The zero-order valence-electron chi connectivity index (χ0n) is 16.4. The number of methoxy groups -OCH3 is 2. The molecule has 29 heavy (non-hydrogen) atoms. The number of rotatable bonds is 4. The minimum absolute atomic E-state index is 0.154. The molecule has 0 radical (unpaired) electrons. The average Bonchev–Trinajstić information content (AvgIpc) is 2.78. The summed E-state index contributed by atoms with van der Waals surface area (Å²) in [4.78, 5) is 25.0. The number of carbonyl (C=O) groups excluding carboxylic acids is 1. The second kappa shape index (κ2) is 8.29. The van der Waals surface area contributed by atoms with Crippen LogP contribution in [0.5, 0.6) is 23.4 Å². The molecule has 1 N–H and O–H groups in total. The molecule has 2 aliphatic heterocycles. The fourth-order valence-corrected chi connectivity index (χ4v) is 3.21. The van der Waals surface area contributed by atoms with E-state index >= 15 is 0 Å². The molecule has 0 spiro atoms. The zero-order valence-corrected chi connectivity index (χ0v) is 16.4. The first kappa shape index (κ1) is 18.9. The molecule has 0 bridgehead atoms. The Kier molecular flexibility index (Phi) is 5.41. The van der Waals surface area contributed by atoms with Crippen molar-refractivity contribution < 1.29 is 23.7 Å². The van der Waals surface area contributed by atoms with Crippen LogP contribution >= 0.6 is 0 Å². The van der Waals surface area contributed by atoms with Gasteiger partial charge in [-0.2, -0.15) is 9.97 Å². The van der Waals surface area contributed by atoms with E-state index in [1.54, 1.807) is 36.3 Å². The first-order valence-electron chi connectivity index (χ1n) is 9.34. The highest BCUT2D eigenvalue weighted by molar-refractivity contribution is 5.90. The van der Waals surface area contributed by atoms with Crippen molar-refractivity contribution >= 4 is 17.5 Å². The van der Waals surface area contributed by atoms with Crippen molar-refractivity contribution in [2.75, 3.05) is 63.8 Å². The number of hydrogen-bond donors (Lipinski definition) is 1. The summed E-state index contributed by atoms with van der Waals surface area (Å²) >= 11 is 0. The first-order valence-corrected chi connectivity index (χ1v) is 9.34. The Labute approximate surface area is 168 Å². The van der Waals surface area contributed by atoms with Crippen molar-refractivity contribution in [3.63, 3.8) is 0 Å². The Morgan fingerprint density at radius 2 is 1.76 bits per heavy atom. The van der Waals surface area contributed by atoms with Gasteiger partial charge in [0.1, 0.15) is 19.0 Å². The van der Waals surface area contributed by atoms with Crippen LogP contribution in [0.3, 0.4) is 0 Å². The summed E-state index contributed by atoms with van der Waals surface area (Å²) in [5, 5.41) is 2.92. The van der Waals surface area contributed by atoms with Crippen LogP contribution in [0.1, 0.15) is 0 Å². The van der Waals surface area contributed by atoms with Gasteiger partial charge in [-0.05, 0) is 12.1 Å². The summed E-state index contributed by atoms with van der Waals surface area (Å²) in [6.07, 6.45) is 0. The van der Waals surface area contributed by atoms with Crippen molar-refractivity contribution in [1.82, 2.24) is 14.9 Å². The predicted molar refractivity (Wildman–Crippen MR) is 105 cm³/mol. The molecule has 0 aliphatic carbocycles. The highest BCUT2D eigenvalue weighted by atomic mass is 16.6. The monoisotopic (exact) mass is 401 g/mol. The summed E-state index contributed by atoms with van der Waals surface area (Å²) in [6.45, 7) is 3.43. The van der Waals surface area contributed by atoms with Crippen molar-refractivity contribution in [3.05, 3.63) is 24.3 Å². The van der Waals surface area contributed by atoms with Gasteiger partial charge in [-0.15, -0.1) is 0 Å². The summed E-state index contributed by atoms with van der Waals surface area (Å²) in [6, 6.07) is 7.24. The fraction of sp³-hybridized carbons (Fsp3) is 0.421. The van der Waals surface area contributed by atoms with Gasteiger partial charge in [-0.1, -0.05) is 0 Å². The number of hydrogen-bond acceptors (Lipinski definition) is 8. The number of fused-ring (bicyclic) bond motifs is 1. The lowest BCUT2D eigenvalue weighted by Crippen LogP contribution is -2.50. The van der Waals surface area contributed by atoms with Gasteiger partial charge >= 0.3 is 12.0 Å². The van der Waals surface area contributed by atoms with E-state index in [1.807, 2.05) is 0 Å². The number of amides is 2. The van der Waals surface area contributed by atoms with Gasteiger partial charge in [0.05, 0.1) is 14.2 Å².